The van der Waals surface area contributed by atoms with Crippen molar-refractivity contribution in [1.29, 1.82) is 0 Å². The molecule has 1 amide bonds. The first-order valence-corrected chi connectivity index (χ1v) is 4.29. The van der Waals surface area contributed by atoms with Crippen molar-refractivity contribution >= 4 is 17.5 Å². The minimum Gasteiger partial charge on any atom is -0.351 e. The number of hydrogen-bond donors (Lipinski definition) is 0. The first-order chi connectivity index (χ1) is 5.34. The molecule has 1 fully saturated rings. The van der Waals surface area contributed by atoms with Crippen LogP contribution in [0.15, 0.2) is 0 Å². The first-order valence-electron chi connectivity index (χ1n) is 3.76. The highest BCUT2D eigenvalue weighted by atomic mass is 35.5. The molecule has 11 heavy (non-hydrogen) atoms. The Bertz CT molecular complexity index is 140. The number of ether oxygens (including phenoxy) is 1. The summed E-state index contributed by atoms with van der Waals surface area (Å²) >= 11 is 5.49. The van der Waals surface area contributed by atoms with Gasteiger partial charge in [0.1, 0.15) is 13.3 Å². The predicted octanol–water partition coefficient (Wildman–Crippen LogP) is 0.822. The Morgan fingerprint density at radius 3 is 2.91 bits per heavy atom. The molecular formula is C7H12ClNO2. The van der Waals surface area contributed by atoms with Crippen LogP contribution in [-0.4, -0.2) is 36.6 Å². The van der Waals surface area contributed by atoms with E-state index >= 15 is 0 Å². The normalized spacial score (nSPS) is 17.9. The molecule has 0 aliphatic carbocycles. The lowest BCUT2D eigenvalue weighted by Crippen LogP contribution is -2.26. The van der Waals surface area contributed by atoms with Crippen LogP contribution in [0.4, 0.5) is 0 Å². The van der Waals surface area contributed by atoms with Crippen molar-refractivity contribution in [2.45, 2.75) is 12.8 Å². The van der Waals surface area contributed by atoms with Crippen molar-refractivity contribution in [3.05, 3.63) is 0 Å². The molecule has 1 aliphatic rings. The molecule has 1 aliphatic heterocycles. The van der Waals surface area contributed by atoms with Crippen LogP contribution in [0.5, 0.6) is 0 Å². The largest absolute Gasteiger partial charge is 0.351 e. The molecule has 0 aromatic heterocycles. The van der Waals surface area contributed by atoms with Gasteiger partial charge in [-0.1, -0.05) is 0 Å². The molecule has 64 valence electrons. The van der Waals surface area contributed by atoms with Crippen LogP contribution in [0.1, 0.15) is 12.8 Å². The van der Waals surface area contributed by atoms with Gasteiger partial charge in [-0.05, 0) is 12.8 Å². The Balaban J connectivity index is 2.10. The molecule has 1 saturated heterocycles. The average Bonchev–Trinajstić information content (AvgIpc) is 2.37. The topological polar surface area (TPSA) is 29.5 Å². The van der Waals surface area contributed by atoms with Gasteiger partial charge in [0, 0.05) is 12.4 Å². The van der Waals surface area contributed by atoms with Gasteiger partial charge < -0.3 is 9.64 Å². The summed E-state index contributed by atoms with van der Waals surface area (Å²) in [6, 6.07) is 0. The molecule has 0 saturated carbocycles. The fraction of sp³-hybridized carbons (Fsp3) is 0.857. The number of hydrogen-bond acceptors (Lipinski definition) is 2. The Labute approximate surface area is 71.3 Å². The summed E-state index contributed by atoms with van der Waals surface area (Å²) in [5.74, 6) is 0.766. The predicted molar refractivity (Wildman–Crippen MR) is 42.5 cm³/mol. The Morgan fingerprint density at radius 1 is 1.55 bits per heavy atom. The minimum absolute atomic E-state index is 0.0968. The second-order valence-corrected chi connectivity index (χ2v) is 2.91. The third-order valence-electron chi connectivity index (χ3n) is 1.64. The van der Waals surface area contributed by atoms with Gasteiger partial charge in [0.25, 0.3) is 0 Å². The third-order valence-corrected chi connectivity index (χ3v) is 1.90. The minimum atomic E-state index is 0.0968. The monoisotopic (exact) mass is 177 g/mol. The zero-order valence-electron chi connectivity index (χ0n) is 6.38. The van der Waals surface area contributed by atoms with Crippen molar-refractivity contribution in [3.63, 3.8) is 0 Å². The molecule has 1 rings (SSSR count). The zero-order chi connectivity index (χ0) is 8.10. The van der Waals surface area contributed by atoms with Crippen LogP contribution in [0.25, 0.3) is 0 Å². The molecule has 0 aromatic carbocycles. The quantitative estimate of drug-likeness (QED) is 0.470. The lowest BCUT2D eigenvalue weighted by Gasteiger charge is -2.11. The van der Waals surface area contributed by atoms with E-state index in [0.29, 0.717) is 12.6 Å². The molecule has 0 atom stereocenters. The lowest BCUT2D eigenvalue weighted by molar-refractivity contribution is -0.126. The fourth-order valence-corrected chi connectivity index (χ4v) is 1.18. The van der Waals surface area contributed by atoms with Gasteiger partial charge in [-0.3, -0.25) is 4.79 Å². The van der Waals surface area contributed by atoms with Gasteiger partial charge in [0.05, 0.1) is 0 Å². The summed E-state index contributed by atoms with van der Waals surface area (Å²) in [4.78, 5) is 12.7. The Kier molecular flexibility index (Phi) is 3.66. The van der Waals surface area contributed by atoms with Crippen molar-refractivity contribution in [1.82, 2.24) is 4.90 Å². The summed E-state index contributed by atoms with van der Waals surface area (Å²) in [5.41, 5.74) is 0. The maximum Gasteiger partial charge on any atom is 0.250 e. The van der Waals surface area contributed by atoms with E-state index < -0.39 is 0 Å². The lowest BCUT2D eigenvalue weighted by atomic mass is 10.3. The molecule has 3 nitrogen and oxygen atoms in total. The van der Waals surface area contributed by atoms with E-state index in [0.717, 1.165) is 19.4 Å². The number of amides is 1. The molecule has 0 aromatic rings. The Hall–Kier alpha value is -0.280. The van der Waals surface area contributed by atoms with Crippen LogP contribution in [0.2, 0.25) is 0 Å². The number of halogens is 1. The van der Waals surface area contributed by atoms with Crippen molar-refractivity contribution in [3.8, 4) is 0 Å². The first kappa shape index (κ1) is 8.81. The van der Waals surface area contributed by atoms with Crippen LogP contribution in [-0.2, 0) is 9.53 Å². The van der Waals surface area contributed by atoms with Crippen LogP contribution < -0.4 is 0 Å². The summed E-state index contributed by atoms with van der Waals surface area (Å²) in [5, 5.41) is 0. The number of alkyl halides is 1. The Morgan fingerprint density at radius 2 is 2.36 bits per heavy atom. The zero-order valence-corrected chi connectivity index (χ0v) is 7.14. The molecule has 0 spiro atoms. The summed E-state index contributed by atoms with van der Waals surface area (Å²) in [6.45, 7) is 1.49. The van der Waals surface area contributed by atoms with E-state index in [2.05, 4.69) is 0 Å². The molecule has 0 radical (unpaired) electrons. The van der Waals surface area contributed by atoms with E-state index in [1.165, 1.54) is 0 Å². The molecular weight excluding hydrogens is 166 g/mol. The van der Waals surface area contributed by atoms with E-state index in [1.807, 2.05) is 0 Å². The highest BCUT2D eigenvalue weighted by molar-refractivity contribution is 6.17. The number of carbonyl (C=O) groups excluding carboxylic acids is 1. The maximum absolute atomic E-state index is 10.9. The van der Waals surface area contributed by atoms with Gasteiger partial charge in [-0.2, -0.15) is 0 Å². The highest BCUT2D eigenvalue weighted by Crippen LogP contribution is 2.03. The molecule has 4 heteroatoms. The van der Waals surface area contributed by atoms with E-state index in [9.17, 15) is 4.79 Å². The van der Waals surface area contributed by atoms with Crippen molar-refractivity contribution in [2.75, 3.05) is 25.8 Å². The second kappa shape index (κ2) is 4.57. The molecule has 0 bridgehead atoms. The highest BCUT2D eigenvalue weighted by Gasteiger charge is 2.19. The fourth-order valence-electron chi connectivity index (χ4n) is 0.993. The molecule has 0 N–H and O–H groups in total. The van der Waals surface area contributed by atoms with E-state index in [-0.39, 0.29) is 12.5 Å². The van der Waals surface area contributed by atoms with Crippen molar-refractivity contribution in [2.24, 2.45) is 0 Å². The van der Waals surface area contributed by atoms with Crippen molar-refractivity contribution < 1.29 is 9.53 Å². The standard InChI is InChI=1S/C7H12ClNO2/c8-3-1-2-4-9-6-11-5-7(9)10/h1-6H2. The number of rotatable bonds is 4. The van der Waals surface area contributed by atoms with Crippen LogP contribution >= 0.6 is 11.6 Å². The van der Waals surface area contributed by atoms with Gasteiger partial charge in [0.2, 0.25) is 5.91 Å². The summed E-state index contributed by atoms with van der Waals surface area (Å²) in [7, 11) is 0. The van der Waals surface area contributed by atoms with Gasteiger partial charge in [-0.15, -0.1) is 11.6 Å². The second-order valence-electron chi connectivity index (χ2n) is 2.53. The van der Waals surface area contributed by atoms with Crippen LogP contribution in [0, 0.1) is 0 Å². The third kappa shape index (κ3) is 2.67. The number of carbonyl (C=O) groups is 1. The number of unbranched alkanes of at least 4 members (excludes halogenated alkanes) is 1. The van der Waals surface area contributed by atoms with E-state index in [4.69, 9.17) is 16.3 Å². The summed E-state index contributed by atoms with van der Waals surface area (Å²) in [6.07, 6.45) is 1.93. The number of nitrogens with zero attached hydrogens (tertiary/aromatic N) is 1. The van der Waals surface area contributed by atoms with Gasteiger partial charge in [0.15, 0.2) is 0 Å². The SMILES string of the molecule is O=C1COCN1CCCCCl. The molecule has 0 unspecified atom stereocenters. The maximum atomic E-state index is 10.9. The summed E-state index contributed by atoms with van der Waals surface area (Å²) < 4.78 is 4.94. The average molecular weight is 178 g/mol. The van der Waals surface area contributed by atoms with Gasteiger partial charge in [-0.25, -0.2) is 0 Å². The van der Waals surface area contributed by atoms with Gasteiger partial charge >= 0.3 is 0 Å². The molecule has 1 heterocycles. The smallest absolute Gasteiger partial charge is 0.250 e. The van der Waals surface area contributed by atoms with Crippen LogP contribution in [0.3, 0.4) is 0 Å². The van der Waals surface area contributed by atoms with E-state index in [1.54, 1.807) is 4.90 Å².